The van der Waals surface area contributed by atoms with Gasteiger partial charge in [-0.15, -0.1) is 11.8 Å². The first-order valence-corrected chi connectivity index (χ1v) is 7.35. The fourth-order valence-corrected chi connectivity index (χ4v) is 4.56. The van der Waals surface area contributed by atoms with Crippen molar-refractivity contribution in [1.29, 1.82) is 0 Å². The van der Waals surface area contributed by atoms with Gasteiger partial charge < -0.3 is 10.0 Å². The molecule has 3 nitrogen and oxygen atoms in total. The molecule has 0 aromatic heterocycles. The first-order valence-electron chi connectivity index (χ1n) is 6.47. The predicted molar refractivity (Wildman–Crippen MR) is 72.0 cm³/mol. The van der Waals surface area contributed by atoms with E-state index in [9.17, 15) is 9.90 Å². The zero-order chi connectivity index (χ0) is 12.5. The highest BCUT2D eigenvalue weighted by Gasteiger charge is 2.43. The first kappa shape index (κ1) is 11.9. The molecule has 96 valence electrons. The van der Waals surface area contributed by atoms with Crippen LogP contribution < -0.4 is 0 Å². The van der Waals surface area contributed by atoms with E-state index in [0.717, 1.165) is 25.7 Å². The lowest BCUT2D eigenvalue weighted by atomic mass is 10.0. The van der Waals surface area contributed by atoms with E-state index >= 15 is 0 Å². The predicted octanol–water partition coefficient (Wildman–Crippen LogP) is 3.45. The number of thioether (sulfide) groups is 1. The van der Waals surface area contributed by atoms with Crippen LogP contribution in [0.25, 0.3) is 0 Å². The van der Waals surface area contributed by atoms with Crippen LogP contribution in [0.15, 0.2) is 35.2 Å². The number of carboxylic acid groups (broad SMARTS) is 1. The Morgan fingerprint density at radius 3 is 2.33 bits per heavy atom. The Kier molecular flexibility index (Phi) is 3.20. The number of benzene rings is 1. The Hall–Kier alpha value is -1.16. The highest BCUT2D eigenvalue weighted by atomic mass is 32.2. The Bertz CT molecular complexity index is 423. The molecule has 1 aromatic carbocycles. The topological polar surface area (TPSA) is 40.5 Å². The Morgan fingerprint density at radius 2 is 1.78 bits per heavy atom. The van der Waals surface area contributed by atoms with Crippen molar-refractivity contribution >= 4 is 17.9 Å². The van der Waals surface area contributed by atoms with Gasteiger partial charge in [-0.25, -0.2) is 4.79 Å². The van der Waals surface area contributed by atoms with Gasteiger partial charge in [-0.05, 0) is 37.8 Å². The molecule has 1 N–H and O–H groups in total. The Balaban J connectivity index is 1.67. The average molecular weight is 263 g/mol. The van der Waals surface area contributed by atoms with Gasteiger partial charge in [0.2, 0.25) is 0 Å². The molecule has 0 radical (unpaired) electrons. The van der Waals surface area contributed by atoms with Crippen LogP contribution in [-0.2, 0) is 0 Å². The molecule has 0 aliphatic carbocycles. The van der Waals surface area contributed by atoms with Crippen LogP contribution in [-0.4, -0.2) is 33.4 Å². The van der Waals surface area contributed by atoms with Crippen molar-refractivity contribution < 1.29 is 9.90 Å². The van der Waals surface area contributed by atoms with Gasteiger partial charge in [0.1, 0.15) is 0 Å². The van der Waals surface area contributed by atoms with E-state index in [2.05, 4.69) is 24.3 Å². The Morgan fingerprint density at radius 1 is 1.17 bits per heavy atom. The van der Waals surface area contributed by atoms with Gasteiger partial charge in [-0.1, -0.05) is 18.2 Å². The van der Waals surface area contributed by atoms with Crippen LogP contribution in [0.3, 0.4) is 0 Å². The van der Waals surface area contributed by atoms with Gasteiger partial charge in [0.15, 0.2) is 0 Å². The maximum atomic E-state index is 11.2. The third-order valence-corrected chi connectivity index (χ3v) is 5.22. The molecule has 1 amide bonds. The summed E-state index contributed by atoms with van der Waals surface area (Å²) in [7, 11) is 0. The quantitative estimate of drug-likeness (QED) is 0.888. The van der Waals surface area contributed by atoms with Crippen molar-refractivity contribution in [2.45, 2.75) is 47.9 Å². The van der Waals surface area contributed by atoms with E-state index in [4.69, 9.17) is 0 Å². The SMILES string of the molecule is O=C(O)N1[C@@H]2CC[C@H]1CC(Sc1ccccc1)C2. The molecule has 0 spiro atoms. The largest absolute Gasteiger partial charge is 0.465 e. The minimum Gasteiger partial charge on any atom is -0.465 e. The van der Waals surface area contributed by atoms with Gasteiger partial charge in [-0.3, -0.25) is 0 Å². The molecule has 1 unspecified atom stereocenters. The number of rotatable bonds is 2. The number of carbonyl (C=O) groups is 1. The number of hydrogen-bond donors (Lipinski definition) is 1. The van der Waals surface area contributed by atoms with Gasteiger partial charge >= 0.3 is 6.09 Å². The fraction of sp³-hybridized carbons (Fsp3) is 0.500. The van der Waals surface area contributed by atoms with Crippen LogP contribution in [0, 0.1) is 0 Å². The maximum Gasteiger partial charge on any atom is 0.407 e. The van der Waals surface area contributed by atoms with Gasteiger partial charge in [0.05, 0.1) is 0 Å². The summed E-state index contributed by atoms with van der Waals surface area (Å²) in [5.74, 6) is 0. The summed E-state index contributed by atoms with van der Waals surface area (Å²) in [6.07, 6.45) is 3.36. The lowest BCUT2D eigenvalue weighted by Crippen LogP contribution is -2.46. The summed E-state index contributed by atoms with van der Waals surface area (Å²) < 4.78 is 0. The van der Waals surface area contributed by atoms with E-state index in [1.807, 2.05) is 17.8 Å². The zero-order valence-electron chi connectivity index (χ0n) is 10.2. The molecule has 18 heavy (non-hydrogen) atoms. The summed E-state index contributed by atoms with van der Waals surface area (Å²) in [6.45, 7) is 0. The second kappa shape index (κ2) is 4.84. The molecule has 2 aliphatic rings. The molecule has 3 atom stereocenters. The number of fused-ring (bicyclic) bond motifs is 2. The van der Waals surface area contributed by atoms with E-state index in [0.29, 0.717) is 5.25 Å². The third-order valence-electron chi connectivity index (χ3n) is 3.96. The van der Waals surface area contributed by atoms with Crippen molar-refractivity contribution in [2.75, 3.05) is 0 Å². The third kappa shape index (κ3) is 2.21. The van der Waals surface area contributed by atoms with Crippen LogP contribution in [0.4, 0.5) is 4.79 Å². The zero-order valence-corrected chi connectivity index (χ0v) is 11.0. The summed E-state index contributed by atoms with van der Waals surface area (Å²) >= 11 is 1.91. The fourth-order valence-electron chi connectivity index (χ4n) is 3.23. The highest BCUT2D eigenvalue weighted by molar-refractivity contribution is 8.00. The van der Waals surface area contributed by atoms with Crippen molar-refractivity contribution in [3.63, 3.8) is 0 Å². The molecule has 2 fully saturated rings. The lowest BCUT2D eigenvalue weighted by molar-refractivity contribution is 0.104. The number of amides is 1. The molecular weight excluding hydrogens is 246 g/mol. The molecule has 0 saturated carbocycles. The lowest BCUT2D eigenvalue weighted by Gasteiger charge is -2.36. The van der Waals surface area contributed by atoms with E-state index in [-0.39, 0.29) is 12.1 Å². The molecule has 2 heterocycles. The summed E-state index contributed by atoms with van der Waals surface area (Å²) in [6, 6.07) is 10.9. The van der Waals surface area contributed by atoms with Crippen molar-refractivity contribution in [3.8, 4) is 0 Å². The van der Waals surface area contributed by atoms with Crippen LogP contribution in [0.2, 0.25) is 0 Å². The first-order chi connectivity index (χ1) is 8.74. The molecule has 1 aromatic rings. The van der Waals surface area contributed by atoms with Crippen LogP contribution >= 0.6 is 11.8 Å². The smallest absolute Gasteiger partial charge is 0.407 e. The molecule has 2 saturated heterocycles. The minimum absolute atomic E-state index is 0.252. The normalized spacial score (nSPS) is 30.4. The van der Waals surface area contributed by atoms with Gasteiger partial charge in [-0.2, -0.15) is 0 Å². The second-order valence-electron chi connectivity index (χ2n) is 5.10. The van der Waals surface area contributed by atoms with E-state index in [1.165, 1.54) is 4.90 Å². The summed E-state index contributed by atoms with van der Waals surface area (Å²) in [5.41, 5.74) is 0. The van der Waals surface area contributed by atoms with Crippen molar-refractivity contribution in [1.82, 2.24) is 4.90 Å². The minimum atomic E-state index is -0.731. The van der Waals surface area contributed by atoms with Gasteiger partial charge in [0, 0.05) is 22.2 Å². The summed E-state index contributed by atoms with van der Waals surface area (Å²) in [5, 5.41) is 9.78. The molecule has 3 rings (SSSR count). The highest BCUT2D eigenvalue weighted by Crippen LogP contribution is 2.42. The molecule has 4 heteroatoms. The van der Waals surface area contributed by atoms with Gasteiger partial charge in [0.25, 0.3) is 0 Å². The van der Waals surface area contributed by atoms with Crippen molar-refractivity contribution in [2.24, 2.45) is 0 Å². The number of nitrogens with zero attached hydrogens (tertiary/aromatic N) is 1. The van der Waals surface area contributed by atoms with E-state index < -0.39 is 6.09 Å². The molecule has 2 aliphatic heterocycles. The summed E-state index contributed by atoms with van der Waals surface area (Å²) in [4.78, 5) is 14.2. The standard InChI is InChI=1S/C14H17NO2S/c16-14(17)15-10-6-7-11(15)9-13(8-10)18-12-4-2-1-3-5-12/h1-5,10-11,13H,6-9H2,(H,16,17)/t10-,11+,13?. The van der Waals surface area contributed by atoms with Crippen LogP contribution in [0.1, 0.15) is 25.7 Å². The van der Waals surface area contributed by atoms with Crippen molar-refractivity contribution in [3.05, 3.63) is 30.3 Å². The monoisotopic (exact) mass is 263 g/mol. The van der Waals surface area contributed by atoms with Crippen LogP contribution in [0.5, 0.6) is 0 Å². The molecular formula is C14H17NO2S. The maximum absolute atomic E-state index is 11.2. The molecule has 2 bridgehead atoms. The Labute approximate surface area is 111 Å². The average Bonchev–Trinajstić information content (AvgIpc) is 2.63. The van der Waals surface area contributed by atoms with E-state index in [1.54, 1.807) is 4.90 Å². The number of piperidine rings is 1. The number of hydrogen-bond acceptors (Lipinski definition) is 2. The second-order valence-corrected chi connectivity index (χ2v) is 6.47.